The van der Waals surface area contributed by atoms with Gasteiger partial charge in [0.15, 0.2) is 0 Å². The van der Waals surface area contributed by atoms with E-state index in [9.17, 15) is 24.6 Å². The smallest absolute Gasteiger partial charge is 0.308 e. The van der Waals surface area contributed by atoms with Crippen LogP contribution in [0.2, 0.25) is 5.02 Å². The summed E-state index contributed by atoms with van der Waals surface area (Å²) in [5.41, 5.74) is 1.35. The van der Waals surface area contributed by atoms with E-state index in [1.54, 1.807) is 30.0 Å². The number of hydrogen-bond donors (Lipinski definition) is 2. The van der Waals surface area contributed by atoms with E-state index in [1.807, 2.05) is 19.9 Å². The van der Waals surface area contributed by atoms with Crippen molar-refractivity contribution in [3.63, 3.8) is 0 Å². The second-order valence-electron chi connectivity index (χ2n) is 9.49. The van der Waals surface area contributed by atoms with Gasteiger partial charge in [-0.1, -0.05) is 29.8 Å². The molecule has 33 heavy (non-hydrogen) atoms. The van der Waals surface area contributed by atoms with Gasteiger partial charge in [0, 0.05) is 11.3 Å². The molecule has 1 aromatic rings. The van der Waals surface area contributed by atoms with Crippen molar-refractivity contribution in [1.82, 2.24) is 4.90 Å². The molecule has 0 radical (unpaired) electrons. The number of benzene rings is 1. The first-order chi connectivity index (χ1) is 15.5. The number of fused-ring (bicyclic) bond motifs is 1. The fourth-order valence-electron chi connectivity index (χ4n) is 6.11. The van der Waals surface area contributed by atoms with Crippen molar-refractivity contribution >= 4 is 46.8 Å². The van der Waals surface area contributed by atoms with E-state index >= 15 is 0 Å². The van der Waals surface area contributed by atoms with E-state index in [2.05, 4.69) is 6.58 Å². The number of aryl methyl sites for hydroxylation is 1. The molecule has 4 rings (SSSR count). The molecule has 0 saturated carbocycles. The van der Waals surface area contributed by atoms with Crippen LogP contribution in [0.4, 0.5) is 5.69 Å². The van der Waals surface area contributed by atoms with Crippen molar-refractivity contribution in [2.75, 3.05) is 18.1 Å². The molecule has 6 atom stereocenters. The predicted molar refractivity (Wildman–Crippen MR) is 128 cm³/mol. The number of carbonyl (C=O) groups excluding carboxylic acids is 2. The Labute approximate surface area is 202 Å². The lowest BCUT2D eigenvalue weighted by Crippen LogP contribution is -2.57. The average Bonchev–Trinajstić information content (AvgIpc) is 3.32. The minimum Gasteiger partial charge on any atom is -0.481 e. The monoisotopic (exact) mass is 492 g/mol. The van der Waals surface area contributed by atoms with E-state index in [-0.39, 0.29) is 25.0 Å². The minimum atomic E-state index is -1.01. The highest BCUT2D eigenvalue weighted by atomic mass is 35.5. The van der Waals surface area contributed by atoms with E-state index in [4.69, 9.17) is 11.6 Å². The fraction of sp³-hybridized carbons (Fsp3) is 0.542. The Balaban J connectivity index is 1.88. The van der Waals surface area contributed by atoms with Crippen LogP contribution in [0.1, 0.15) is 32.3 Å². The molecule has 178 valence electrons. The van der Waals surface area contributed by atoms with E-state index in [1.165, 1.54) is 16.7 Å². The van der Waals surface area contributed by atoms with Gasteiger partial charge in [-0.2, -0.15) is 0 Å². The second-order valence-corrected chi connectivity index (χ2v) is 11.8. The number of aliphatic hydroxyl groups is 1. The normalized spacial score (nSPS) is 33.2. The Kier molecular flexibility index (Phi) is 6.08. The lowest BCUT2D eigenvalue weighted by atomic mass is 9.66. The minimum absolute atomic E-state index is 0.181. The SMILES string of the molecule is C=CCN(C(=O)C1N([C@H](C)CO)C(=O)[C@@H]2[C@H](C(=O)O)[C@]3(C)CCC12S3)c1c(C)cccc1Cl. The molecule has 7 nitrogen and oxygen atoms in total. The predicted octanol–water partition coefficient (Wildman–Crippen LogP) is 3.11. The molecule has 1 spiro atoms. The number of thioether (sulfide) groups is 1. The number of carbonyl (C=O) groups is 3. The largest absolute Gasteiger partial charge is 0.481 e. The van der Waals surface area contributed by atoms with Gasteiger partial charge in [0.25, 0.3) is 5.91 Å². The molecule has 3 heterocycles. The van der Waals surface area contributed by atoms with Gasteiger partial charge in [-0.25, -0.2) is 0 Å². The molecule has 0 aromatic heterocycles. The molecule has 2 N–H and O–H groups in total. The highest BCUT2D eigenvalue weighted by Crippen LogP contribution is 2.71. The van der Waals surface area contributed by atoms with Crippen LogP contribution in [0, 0.1) is 18.8 Å². The molecule has 2 bridgehead atoms. The van der Waals surface area contributed by atoms with Crippen molar-refractivity contribution in [2.45, 2.75) is 55.2 Å². The summed E-state index contributed by atoms with van der Waals surface area (Å²) in [6.45, 7) is 9.08. The standard InChI is InChI=1S/C24H29ClN2O5S/c1-5-11-26(18-13(2)7-6-8-15(18)25)21(30)19-24-10-9-23(4,33-24)17(22(31)32)16(24)20(29)27(19)14(3)12-28/h5-8,14,16-17,19,28H,1,9-12H2,2-4H3,(H,31,32)/t14-,16+,17-,19?,23+,24?/m1/s1. The maximum Gasteiger partial charge on any atom is 0.308 e. The second kappa shape index (κ2) is 8.32. The van der Waals surface area contributed by atoms with E-state index < -0.39 is 39.4 Å². The summed E-state index contributed by atoms with van der Waals surface area (Å²) in [6.07, 6.45) is 2.77. The molecular formula is C24H29ClN2O5S. The molecule has 3 fully saturated rings. The summed E-state index contributed by atoms with van der Waals surface area (Å²) in [5, 5.41) is 20.4. The van der Waals surface area contributed by atoms with Crippen LogP contribution in [-0.2, 0) is 14.4 Å². The summed E-state index contributed by atoms with van der Waals surface area (Å²) in [6, 6.07) is 3.82. The first kappa shape index (κ1) is 24.1. The molecule has 1 aromatic carbocycles. The van der Waals surface area contributed by atoms with Crippen molar-refractivity contribution in [1.29, 1.82) is 0 Å². The van der Waals surface area contributed by atoms with Crippen LogP contribution in [0.25, 0.3) is 0 Å². The highest BCUT2D eigenvalue weighted by Gasteiger charge is 2.77. The summed E-state index contributed by atoms with van der Waals surface area (Å²) < 4.78 is -1.49. The first-order valence-corrected chi connectivity index (χ1v) is 12.3. The van der Waals surface area contributed by atoms with Gasteiger partial charge in [-0.05, 0) is 45.2 Å². The van der Waals surface area contributed by atoms with Crippen LogP contribution in [0.3, 0.4) is 0 Å². The first-order valence-electron chi connectivity index (χ1n) is 11.1. The van der Waals surface area contributed by atoms with Crippen LogP contribution >= 0.6 is 23.4 Å². The lowest BCUT2D eigenvalue weighted by Gasteiger charge is -2.39. The lowest BCUT2D eigenvalue weighted by molar-refractivity contribution is -0.150. The van der Waals surface area contributed by atoms with E-state index in [0.717, 1.165) is 5.56 Å². The molecule has 3 aliphatic rings. The Morgan fingerprint density at radius 3 is 2.70 bits per heavy atom. The fourth-order valence-corrected chi connectivity index (χ4v) is 8.77. The number of hydrogen-bond acceptors (Lipinski definition) is 5. The number of anilines is 1. The Morgan fingerprint density at radius 1 is 1.42 bits per heavy atom. The maximum absolute atomic E-state index is 14.3. The highest BCUT2D eigenvalue weighted by molar-refractivity contribution is 8.02. The van der Waals surface area contributed by atoms with Gasteiger partial charge in [-0.15, -0.1) is 18.3 Å². The van der Waals surface area contributed by atoms with Crippen LogP contribution < -0.4 is 4.90 Å². The third-order valence-corrected chi connectivity index (χ3v) is 9.78. The van der Waals surface area contributed by atoms with Crippen molar-refractivity contribution in [3.05, 3.63) is 41.4 Å². The molecule has 3 aliphatic heterocycles. The quantitative estimate of drug-likeness (QED) is 0.567. The number of likely N-dealkylation sites (tertiary alicyclic amines) is 1. The molecule has 9 heteroatoms. The van der Waals surface area contributed by atoms with Crippen molar-refractivity contribution in [2.24, 2.45) is 11.8 Å². The number of carboxylic acid groups (broad SMARTS) is 1. The molecular weight excluding hydrogens is 464 g/mol. The number of halogens is 1. The van der Waals surface area contributed by atoms with E-state index in [0.29, 0.717) is 23.6 Å². The Hall–Kier alpha value is -2.03. The van der Waals surface area contributed by atoms with Crippen molar-refractivity contribution in [3.8, 4) is 0 Å². The van der Waals surface area contributed by atoms with Gasteiger partial charge in [0.2, 0.25) is 5.91 Å². The summed E-state index contributed by atoms with van der Waals surface area (Å²) in [7, 11) is 0. The number of amides is 2. The van der Waals surface area contributed by atoms with Gasteiger partial charge in [-0.3, -0.25) is 14.4 Å². The summed E-state index contributed by atoms with van der Waals surface area (Å²) in [4.78, 5) is 43.3. The van der Waals surface area contributed by atoms with Crippen LogP contribution in [0.5, 0.6) is 0 Å². The number of aliphatic carboxylic acids is 1. The molecule has 3 saturated heterocycles. The van der Waals surface area contributed by atoms with Crippen molar-refractivity contribution < 1.29 is 24.6 Å². The molecule has 2 unspecified atom stereocenters. The van der Waals surface area contributed by atoms with Gasteiger partial charge in [0.1, 0.15) is 6.04 Å². The maximum atomic E-state index is 14.3. The van der Waals surface area contributed by atoms with Gasteiger partial charge >= 0.3 is 5.97 Å². The molecule has 2 amide bonds. The summed E-state index contributed by atoms with van der Waals surface area (Å²) in [5.74, 6) is -3.42. The van der Waals surface area contributed by atoms with Crippen LogP contribution in [-0.4, -0.2) is 67.6 Å². The van der Waals surface area contributed by atoms with Crippen LogP contribution in [0.15, 0.2) is 30.9 Å². The number of aliphatic hydroxyl groups excluding tert-OH is 1. The average molecular weight is 493 g/mol. The number of para-hydroxylation sites is 1. The van der Waals surface area contributed by atoms with Gasteiger partial charge in [0.05, 0.1) is 39.9 Å². The topological polar surface area (TPSA) is 98.2 Å². The molecule has 0 aliphatic carbocycles. The summed E-state index contributed by atoms with van der Waals surface area (Å²) >= 11 is 7.98. The Bertz CT molecular complexity index is 1010. The number of nitrogens with zero attached hydrogens (tertiary/aromatic N) is 2. The number of rotatable bonds is 7. The third-order valence-electron chi connectivity index (χ3n) is 7.49. The third kappa shape index (κ3) is 3.33. The zero-order valence-electron chi connectivity index (χ0n) is 19.0. The number of carboxylic acids is 1. The zero-order chi connectivity index (χ0) is 24.3. The Morgan fingerprint density at radius 2 is 2.12 bits per heavy atom. The zero-order valence-corrected chi connectivity index (χ0v) is 20.5. The van der Waals surface area contributed by atoms with Gasteiger partial charge < -0.3 is 20.0 Å².